The largest absolute Gasteiger partial charge is 0.490 e. The van der Waals surface area contributed by atoms with Crippen LogP contribution in [0.2, 0.25) is 0 Å². The van der Waals surface area contributed by atoms with Crippen LogP contribution < -0.4 is 14.2 Å². The first kappa shape index (κ1) is 31.7. The number of benzene rings is 2. The van der Waals surface area contributed by atoms with Gasteiger partial charge >= 0.3 is 30.2 Å². The number of hydrogen-bond donors (Lipinski definition) is 0. The Hall–Kier alpha value is -3.52. The normalized spacial score (nSPS) is 12.7. The van der Waals surface area contributed by atoms with Gasteiger partial charge in [-0.05, 0) is 55.3 Å². The molecule has 0 radical (unpaired) electrons. The van der Waals surface area contributed by atoms with Crippen molar-refractivity contribution in [1.82, 2.24) is 0 Å². The van der Waals surface area contributed by atoms with Gasteiger partial charge in [-0.3, -0.25) is 4.79 Å². The molecule has 0 saturated carbocycles. The lowest BCUT2D eigenvalue weighted by atomic mass is 10.1. The standard InChI is InChI=1S/C24H20F10O5/c25-21(26,23(29,30)31)9-1-11-37-18-8-5-16(20(36)39-17-6-3-15(14-35)4-7-17)13-19(18)38-12-2-10-22(27,28)24(32,33)34/h3-8,13-14H,1-2,9-12H2. The van der Waals surface area contributed by atoms with Crippen LogP contribution in [-0.4, -0.2) is 49.7 Å². The molecule has 0 heterocycles. The first-order chi connectivity index (χ1) is 18.0. The second-order valence-electron chi connectivity index (χ2n) is 8.05. The third-order valence-corrected chi connectivity index (χ3v) is 5.02. The average molecular weight is 578 g/mol. The molecule has 0 aromatic heterocycles. The number of esters is 1. The van der Waals surface area contributed by atoms with Gasteiger partial charge in [-0.1, -0.05) is 0 Å². The fourth-order valence-electron chi connectivity index (χ4n) is 2.88. The zero-order valence-corrected chi connectivity index (χ0v) is 19.7. The number of carbonyl (C=O) groups excluding carboxylic acids is 2. The van der Waals surface area contributed by atoms with E-state index in [0.717, 1.165) is 18.2 Å². The van der Waals surface area contributed by atoms with E-state index in [1.807, 2.05) is 0 Å². The van der Waals surface area contributed by atoms with E-state index in [4.69, 9.17) is 14.2 Å². The lowest BCUT2D eigenvalue weighted by Gasteiger charge is -2.20. The minimum absolute atomic E-state index is 0.0216. The van der Waals surface area contributed by atoms with E-state index in [1.54, 1.807) is 0 Å². The highest BCUT2D eigenvalue weighted by Crippen LogP contribution is 2.40. The molecule has 0 aliphatic rings. The van der Waals surface area contributed by atoms with Gasteiger partial charge < -0.3 is 14.2 Å². The molecular weight excluding hydrogens is 558 g/mol. The number of hydrogen-bond acceptors (Lipinski definition) is 5. The van der Waals surface area contributed by atoms with Crippen molar-refractivity contribution in [1.29, 1.82) is 0 Å². The Morgan fingerprint density at radius 2 is 1.18 bits per heavy atom. The molecule has 5 nitrogen and oxygen atoms in total. The van der Waals surface area contributed by atoms with E-state index < -0.39 is 74.8 Å². The van der Waals surface area contributed by atoms with Gasteiger partial charge in [0.15, 0.2) is 11.5 Å². The lowest BCUT2D eigenvalue weighted by Crippen LogP contribution is -2.36. The van der Waals surface area contributed by atoms with E-state index in [0.29, 0.717) is 6.29 Å². The van der Waals surface area contributed by atoms with Crippen molar-refractivity contribution in [3.8, 4) is 17.2 Å². The number of carbonyl (C=O) groups is 2. The smallest absolute Gasteiger partial charge is 0.453 e. The van der Waals surface area contributed by atoms with Gasteiger partial charge in [0, 0.05) is 18.4 Å². The van der Waals surface area contributed by atoms with Crippen molar-refractivity contribution in [2.75, 3.05) is 13.2 Å². The van der Waals surface area contributed by atoms with E-state index >= 15 is 0 Å². The van der Waals surface area contributed by atoms with Crippen LogP contribution in [0.25, 0.3) is 0 Å². The molecule has 0 aliphatic carbocycles. The molecule has 0 bridgehead atoms. The third-order valence-electron chi connectivity index (χ3n) is 5.02. The summed E-state index contributed by atoms with van der Waals surface area (Å²) in [6, 6.07) is 8.41. The number of ether oxygens (including phenoxy) is 3. The average Bonchev–Trinajstić information content (AvgIpc) is 2.84. The van der Waals surface area contributed by atoms with Crippen LogP contribution in [0.5, 0.6) is 17.2 Å². The quantitative estimate of drug-likeness (QED) is 0.0814. The zero-order valence-electron chi connectivity index (χ0n) is 19.7. The summed E-state index contributed by atoms with van der Waals surface area (Å²) in [5.41, 5.74) is 0.0668. The van der Waals surface area contributed by atoms with Gasteiger partial charge in [0.25, 0.3) is 0 Å². The van der Waals surface area contributed by atoms with Crippen LogP contribution in [0.4, 0.5) is 43.9 Å². The van der Waals surface area contributed by atoms with Crippen LogP contribution >= 0.6 is 0 Å². The van der Waals surface area contributed by atoms with E-state index in [1.165, 1.54) is 24.3 Å². The Balaban J connectivity index is 2.13. The van der Waals surface area contributed by atoms with Crippen LogP contribution in [0.3, 0.4) is 0 Å². The van der Waals surface area contributed by atoms with Gasteiger partial charge in [0.05, 0.1) is 18.8 Å². The highest BCUT2D eigenvalue weighted by Gasteiger charge is 2.57. The Bertz CT molecular complexity index is 1110. The molecule has 0 spiro atoms. The zero-order chi connectivity index (χ0) is 29.5. The number of alkyl halides is 10. The minimum Gasteiger partial charge on any atom is -0.490 e. The fraction of sp³-hybridized carbons (Fsp3) is 0.417. The Morgan fingerprint density at radius 3 is 1.64 bits per heavy atom. The molecule has 2 aromatic rings. The summed E-state index contributed by atoms with van der Waals surface area (Å²) in [5, 5.41) is 0. The summed E-state index contributed by atoms with van der Waals surface area (Å²) in [5.74, 6) is -11.6. The van der Waals surface area contributed by atoms with Gasteiger partial charge in [-0.2, -0.15) is 43.9 Å². The van der Waals surface area contributed by atoms with Crippen molar-refractivity contribution in [3.05, 3.63) is 53.6 Å². The molecule has 2 rings (SSSR count). The van der Waals surface area contributed by atoms with Crippen LogP contribution in [0.15, 0.2) is 42.5 Å². The van der Waals surface area contributed by atoms with Gasteiger partial charge in [-0.15, -0.1) is 0 Å². The highest BCUT2D eigenvalue weighted by atomic mass is 19.4. The molecule has 0 amide bonds. The molecule has 39 heavy (non-hydrogen) atoms. The molecule has 15 heteroatoms. The maximum absolute atomic E-state index is 13.1. The summed E-state index contributed by atoms with van der Waals surface area (Å²) in [6.45, 7) is -1.40. The predicted octanol–water partition coefficient (Wildman–Crippen LogP) is 7.43. The molecule has 216 valence electrons. The number of rotatable bonds is 13. The highest BCUT2D eigenvalue weighted by molar-refractivity contribution is 5.92. The van der Waals surface area contributed by atoms with Gasteiger partial charge in [-0.25, -0.2) is 4.79 Å². The molecule has 0 N–H and O–H groups in total. The van der Waals surface area contributed by atoms with Crippen molar-refractivity contribution in [3.63, 3.8) is 0 Å². The second-order valence-corrected chi connectivity index (χ2v) is 8.05. The van der Waals surface area contributed by atoms with Crippen LogP contribution in [-0.2, 0) is 0 Å². The Morgan fingerprint density at radius 1 is 0.692 bits per heavy atom. The first-order valence-electron chi connectivity index (χ1n) is 11.0. The van der Waals surface area contributed by atoms with Gasteiger partial charge in [0.2, 0.25) is 0 Å². The van der Waals surface area contributed by atoms with Gasteiger partial charge in [0.1, 0.15) is 12.0 Å². The minimum atomic E-state index is -5.78. The SMILES string of the molecule is O=Cc1ccc(OC(=O)c2ccc(OCCCC(F)(F)C(F)(F)F)c(OCCCC(F)(F)C(F)(F)F)c2)cc1. The summed E-state index contributed by atoms with van der Waals surface area (Å²) < 4.78 is 142. The van der Waals surface area contributed by atoms with E-state index in [2.05, 4.69) is 0 Å². The lowest BCUT2D eigenvalue weighted by molar-refractivity contribution is -0.284. The maximum Gasteiger partial charge on any atom is 0.453 e. The Labute approximate surface area is 214 Å². The molecule has 0 fully saturated rings. The van der Waals surface area contributed by atoms with E-state index in [-0.39, 0.29) is 22.6 Å². The van der Waals surface area contributed by atoms with Crippen molar-refractivity contribution >= 4 is 12.3 Å². The molecular formula is C24H20F10O5. The monoisotopic (exact) mass is 578 g/mol. The molecule has 0 atom stereocenters. The van der Waals surface area contributed by atoms with Crippen molar-refractivity contribution in [2.24, 2.45) is 0 Å². The summed E-state index contributed by atoms with van der Waals surface area (Å²) in [6.07, 6.45) is -15.8. The summed E-state index contributed by atoms with van der Waals surface area (Å²) in [4.78, 5) is 23.2. The molecule has 2 aromatic carbocycles. The molecule has 0 aliphatic heterocycles. The van der Waals surface area contributed by atoms with Crippen molar-refractivity contribution < 1.29 is 67.7 Å². The summed E-state index contributed by atoms with van der Waals surface area (Å²) >= 11 is 0. The maximum atomic E-state index is 13.1. The Kier molecular flexibility index (Phi) is 10.2. The van der Waals surface area contributed by atoms with Crippen molar-refractivity contribution in [2.45, 2.75) is 49.9 Å². The second kappa shape index (κ2) is 12.6. The topological polar surface area (TPSA) is 61.8 Å². The fourth-order valence-corrected chi connectivity index (χ4v) is 2.88. The summed E-state index contributed by atoms with van der Waals surface area (Å²) in [7, 11) is 0. The predicted molar refractivity (Wildman–Crippen MR) is 115 cm³/mol. The third kappa shape index (κ3) is 9.03. The number of aldehydes is 1. The van der Waals surface area contributed by atoms with E-state index in [9.17, 15) is 53.5 Å². The molecule has 0 unspecified atom stereocenters. The first-order valence-corrected chi connectivity index (χ1v) is 11.0. The number of halogens is 10. The molecule has 0 saturated heterocycles. The van der Waals surface area contributed by atoms with Crippen LogP contribution in [0.1, 0.15) is 46.4 Å². The van der Waals surface area contributed by atoms with Crippen LogP contribution in [0, 0.1) is 0 Å².